The minimum atomic E-state index is -0.284. The van der Waals surface area contributed by atoms with Crippen LogP contribution in [-0.4, -0.2) is 11.5 Å². The van der Waals surface area contributed by atoms with E-state index in [0.29, 0.717) is 16.1 Å². The van der Waals surface area contributed by atoms with Crippen LogP contribution < -0.4 is 5.32 Å². The quantitative estimate of drug-likeness (QED) is 0.889. The van der Waals surface area contributed by atoms with Gasteiger partial charge in [0.05, 0.1) is 12.2 Å². The van der Waals surface area contributed by atoms with E-state index in [9.17, 15) is 4.39 Å². The molecule has 1 aromatic carbocycles. The van der Waals surface area contributed by atoms with Gasteiger partial charge in [0, 0.05) is 10.0 Å². The standard InChI is InChI=1S/C14H16BrFN2O/c1-3-6-17-9(2)14-18-8-13(19-14)11-5-4-10(16)7-12(11)15/h4-5,7-9,17H,3,6H2,1-2H3. The Kier molecular flexibility index (Phi) is 4.71. The van der Waals surface area contributed by atoms with Crippen molar-refractivity contribution in [2.75, 3.05) is 6.54 Å². The van der Waals surface area contributed by atoms with Crippen molar-refractivity contribution in [1.29, 1.82) is 0 Å². The van der Waals surface area contributed by atoms with Crippen molar-refractivity contribution < 1.29 is 8.81 Å². The van der Waals surface area contributed by atoms with Crippen LogP contribution in [0.2, 0.25) is 0 Å². The van der Waals surface area contributed by atoms with Gasteiger partial charge in [0.2, 0.25) is 5.89 Å². The number of benzene rings is 1. The van der Waals surface area contributed by atoms with Crippen LogP contribution in [0, 0.1) is 5.82 Å². The lowest BCUT2D eigenvalue weighted by molar-refractivity contribution is 0.423. The van der Waals surface area contributed by atoms with E-state index >= 15 is 0 Å². The summed E-state index contributed by atoms with van der Waals surface area (Å²) in [5.41, 5.74) is 0.794. The Labute approximate surface area is 120 Å². The second-order valence-electron chi connectivity index (χ2n) is 4.36. The summed E-state index contributed by atoms with van der Waals surface area (Å²) in [4.78, 5) is 4.27. The Hall–Kier alpha value is -1.20. The Balaban J connectivity index is 2.20. The number of nitrogens with zero attached hydrogens (tertiary/aromatic N) is 1. The maximum atomic E-state index is 13.0. The van der Waals surface area contributed by atoms with Crippen molar-refractivity contribution in [3.63, 3.8) is 0 Å². The number of nitrogens with one attached hydrogen (secondary N) is 1. The molecule has 0 amide bonds. The van der Waals surface area contributed by atoms with Gasteiger partial charge in [-0.15, -0.1) is 0 Å². The highest BCUT2D eigenvalue weighted by molar-refractivity contribution is 9.10. The molecule has 0 aliphatic carbocycles. The average Bonchev–Trinajstić information content (AvgIpc) is 2.85. The van der Waals surface area contributed by atoms with E-state index in [0.717, 1.165) is 18.5 Å². The lowest BCUT2D eigenvalue weighted by Crippen LogP contribution is -2.19. The van der Waals surface area contributed by atoms with Gasteiger partial charge < -0.3 is 9.73 Å². The number of hydrogen-bond donors (Lipinski definition) is 1. The van der Waals surface area contributed by atoms with Gasteiger partial charge in [-0.05, 0) is 54.0 Å². The Morgan fingerprint density at radius 1 is 1.47 bits per heavy atom. The van der Waals surface area contributed by atoms with E-state index in [1.54, 1.807) is 12.3 Å². The molecule has 1 heterocycles. The maximum absolute atomic E-state index is 13.0. The predicted molar refractivity (Wildman–Crippen MR) is 76.3 cm³/mol. The predicted octanol–water partition coefficient (Wildman–Crippen LogP) is 4.30. The molecule has 0 radical (unpaired) electrons. The summed E-state index contributed by atoms with van der Waals surface area (Å²) < 4.78 is 19.4. The van der Waals surface area contributed by atoms with Crippen LogP contribution in [0.4, 0.5) is 4.39 Å². The lowest BCUT2D eigenvalue weighted by Gasteiger charge is -2.08. The Morgan fingerprint density at radius 3 is 2.95 bits per heavy atom. The highest BCUT2D eigenvalue weighted by atomic mass is 79.9. The van der Waals surface area contributed by atoms with Gasteiger partial charge in [-0.3, -0.25) is 0 Å². The third-order valence-electron chi connectivity index (χ3n) is 2.79. The van der Waals surface area contributed by atoms with Gasteiger partial charge >= 0.3 is 0 Å². The van der Waals surface area contributed by atoms with Crippen molar-refractivity contribution in [2.24, 2.45) is 0 Å². The van der Waals surface area contributed by atoms with Gasteiger partial charge in [-0.1, -0.05) is 6.92 Å². The summed E-state index contributed by atoms with van der Waals surface area (Å²) in [6, 6.07) is 4.55. The summed E-state index contributed by atoms with van der Waals surface area (Å²) in [6.45, 7) is 5.03. The lowest BCUT2D eigenvalue weighted by atomic mass is 10.2. The maximum Gasteiger partial charge on any atom is 0.211 e. The van der Waals surface area contributed by atoms with Crippen molar-refractivity contribution in [3.8, 4) is 11.3 Å². The normalized spacial score (nSPS) is 12.6. The van der Waals surface area contributed by atoms with Crippen LogP contribution in [0.5, 0.6) is 0 Å². The van der Waals surface area contributed by atoms with Crippen LogP contribution >= 0.6 is 15.9 Å². The molecule has 0 spiro atoms. The highest BCUT2D eigenvalue weighted by Crippen LogP contribution is 2.30. The molecule has 0 saturated heterocycles. The molecule has 5 heteroatoms. The van der Waals surface area contributed by atoms with E-state index < -0.39 is 0 Å². The van der Waals surface area contributed by atoms with E-state index in [2.05, 4.69) is 33.2 Å². The minimum absolute atomic E-state index is 0.0629. The van der Waals surface area contributed by atoms with Crippen molar-refractivity contribution >= 4 is 15.9 Å². The molecule has 1 N–H and O–H groups in total. The molecule has 19 heavy (non-hydrogen) atoms. The molecule has 102 valence electrons. The molecular formula is C14H16BrFN2O. The van der Waals surface area contributed by atoms with E-state index in [1.807, 2.05) is 6.92 Å². The third kappa shape index (κ3) is 3.42. The molecule has 2 aromatic rings. The number of rotatable bonds is 5. The second-order valence-corrected chi connectivity index (χ2v) is 5.22. The van der Waals surface area contributed by atoms with Gasteiger partial charge in [0.15, 0.2) is 5.76 Å². The zero-order valence-corrected chi connectivity index (χ0v) is 12.5. The fraction of sp³-hybridized carbons (Fsp3) is 0.357. The fourth-order valence-corrected chi connectivity index (χ4v) is 2.30. The van der Waals surface area contributed by atoms with Gasteiger partial charge in [-0.2, -0.15) is 0 Å². The molecular weight excluding hydrogens is 311 g/mol. The summed E-state index contributed by atoms with van der Waals surface area (Å²) >= 11 is 3.33. The molecule has 2 rings (SSSR count). The van der Waals surface area contributed by atoms with Crippen molar-refractivity contribution in [1.82, 2.24) is 10.3 Å². The zero-order chi connectivity index (χ0) is 13.8. The van der Waals surface area contributed by atoms with Gasteiger partial charge in [0.25, 0.3) is 0 Å². The largest absolute Gasteiger partial charge is 0.439 e. The van der Waals surface area contributed by atoms with Crippen LogP contribution in [0.3, 0.4) is 0 Å². The number of oxazole rings is 1. The first-order valence-electron chi connectivity index (χ1n) is 6.26. The van der Waals surface area contributed by atoms with Crippen molar-refractivity contribution in [3.05, 3.63) is 40.6 Å². The van der Waals surface area contributed by atoms with E-state index in [4.69, 9.17) is 4.42 Å². The summed E-state index contributed by atoms with van der Waals surface area (Å²) in [5, 5.41) is 3.31. The van der Waals surface area contributed by atoms with Crippen LogP contribution in [-0.2, 0) is 0 Å². The summed E-state index contributed by atoms with van der Waals surface area (Å²) in [7, 11) is 0. The molecule has 0 bridgehead atoms. The van der Waals surface area contributed by atoms with Gasteiger partial charge in [0.1, 0.15) is 5.82 Å². The Morgan fingerprint density at radius 2 is 2.26 bits per heavy atom. The highest BCUT2D eigenvalue weighted by Gasteiger charge is 2.14. The average molecular weight is 327 g/mol. The van der Waals surface area contributed by atoms with E-state index in [1.165, 1.54) is 12.1 Å². The number of aromatic nitrogens is 1. The van der Waals surface area contributed by atoms with Crippen molar-refractivity contribution in [2.45, 2.75) is 26.3 Å². The first kappa shape index (κ1) is 14.2. The van der Waals surface area contributed by atoms with E-state index in [-0.39, 0.29) is 11.9 Å². The fourth-order valence-electron chi connectivity index (χ4n) is 1.75. The number of hydrogen-bond acceptors (Lipinski definition) is 3. The molecule has 0 aliphatic heterocycles. The van der Waals surface area contributed by atoms with Gasteiger partial charge in [-0.25, -0.2) is 9.37 Å². The second kappa shape index (κ2) is 6.30. The molecule has 1 atom stereocenters. The Bertz CT molecular complexity index is 556. The molecule has 3 nitrogen and oxygen atoms in total. The molecule has 0 fully saturated rings. The number of halogens is 2. The van der Waals surface area contributed by atoms with Crippen LogP contribution in [0.25, 0.3) is 11.3 Å². The third-order valence-corrected chi connectivity index (χ3v) is 3.45. The monoisotopic (exact) mass is 326 g/mol. The summed E-state index contributed by atoms with van der Waals surface area (Å²) in [6.07, 6.45) is 2.72. The SMILES string of the molecule is CCCNC(C)c1ncc(-c2ccc(F)cc2Br)o1. The van der Waals surface area contributed by atoms with Crippen LogP contribution in [0.15, 0.2) is 33.3 Å². The minimum Gasteiger partial charge on any atom is -0.439 e. The first-order valence-corrected chi connectivity index (χ1v) is 7.05. The molecule has 1 unspecified atom stereocenters. The smallest absolute Gasteiger partial charge is 0.211 e. The molecule has 0 saturated carbocycles. The zero-order valence-electron chi connectivity index (χ0n) is 10.9. The summed E-state index contributed by atoms with van der Waals surface area (Å²) in [5.74, 6) is 0.986. The molecule has 0 aliphatic rings. The van der Waals surface area contributed by atoms with Crippen LogP contribution in [0.1, 0.15) is 32.2 Å². The first-order chi connectivity index (χ1) is 9.11. The molecule has 1 aromatic heterocycles. The topological polar surface area (TPSA) is 38.1 Å².